The summed E-state index contributed by atoms with van der Waals surface area (Å²) >= 11 is 0. The minimum absolute atomic E-state index is 0.121. The van der Waals surface area contributed by atoms with Crippen molar-refractivity contribution in [3.8, 4) is 0 Å². The number of nitrogens with one attached hydrogen (secondary N) is 1. The van der Waals surface area contributed by atoms with Crippen molar-refractivity contribution < 1.29 is 14.7 Å². The van der Waals surface area contributed by atoms with Gasteiger partial charge in [-0.15, -0.1) is 0 Å². The summed E-state index contributed by atoms with van der Waals surface area (Å²) in [5.41, 5.74) is 2.92. The monoisotopic (exact) mass is 421 g/mol. The summed E-state index contributed by atoms with van der Waals surface area (Å²) in [7, 11) is 0. The van der Waals surface area contributed by atoms with Gasteiger partial charge in [0.25, 0.3) is 5.91 Å². The number of rotatable bonds is 5. The lowest BCUT2D eigenvalue weighted by molar-refractivity contribution is 0.0698. The number of likely N-dealkylation sites (tertiary alicyclic amines) is 1. The van der Waals surface area contributed by atoms with Crippen molar-refractivity contribution in [2.75, 3.05) is 36.4 Å². The lowest BCUT2D eigenvalue weighted by Gasteiger charge is -2.41. The van der Waals surface area contributed by atoms with E-state index < -0.39 is 5.97 Å². The van der Waals surface area contributed by atoms with Gasteiger partial charge in [0.15, 0.2) is 0 Å². The van der Waals surface area contributed by atoms with Crippen LogP contribution < -0.4 is 10.2 Å². The smallest absolute Gasteiger partial charge is 0.337 e. The summed E-state index contributed by atoms with van der Waals surface area (Å²) in [6.45, 7) is 6.23. The molecule has 2 aromatic rings. The molecule has 2 aliphatic rings. The molecule has 0 spiro atoms. The highest BCUT2D eigenvalue weighted by molar-refractivity contribution is 6.08. The third-order valence-electron chi connectivity index (χ3n) is 6.53. The van der Waals surface area contributed by atoms with E-state index in [-0.39, 0.29) is 11.5 Å². The van der Waals surface area contributed by atoms with Gasteiger partial charge in [-0.1, -0.05) is 24.1 Å². The van der Waals surface area contributed by atoms with Gasteiger partial charge < -0.3 is 20.2 Å². The van der Waals surface area contributed by atoms with Crippen LogP contribution in [0, 0.1) is 6.92 Å². The zero-order valence-corrected chi connectivity index (χ0v) is 18.1. The maximum atomic E-state index is 12.6. The molecule has 0 atom stereocenters. The number of carbonyl (C=O) groups excluding carboxylic acids is 1. The average molecular weight is 422 g/mol. The van der Waals surface area contributed by atoms with Crippen LogP contribution in [-0.4, -0.2) is 54.1 Å². The third-order valence-corrected chi connectivity index (χ3v) is 6.53. The van der Waals surface area contributed by atoms with Crippen molar-refractivity contribution in [2.24, 2.45) is 0 Å². The highest BCUT2D eigenvalue weighted by Crippen LogP contribution is 2.28. The summed E-state index contributed by atoms with van der Waals surface area (Å²) in [6.07, 6.45) is 6.17. The van der Waals surface area contributed by atoms with E-state index in [9.17, 15) is 14.7 Å². The standard InChI is InChI=1S/C25H31N3O3/c1-18-5-7-19(8-6-18)24(29)26-23-10-9-21(17-22(23)25(30)31)28-15-11-20(12-16-28)27-13-3-2-4-14-27/h5-10,17,20H,2-4,11-16H2,1H3,(H,26,29)(H,30,31). The van der Waals surface area contributed by atoms with Crippen molar-refractivity contribution in [3.63, 3.8) is 0 Å². The second-order valence-corrected chi connectivity index (χ2v) is 8.67. The Kier molecular flexibility index (Phi) is 6.56. The van der Waals surface area contributed by atoms with Crippen molar-refractivity contribution in [3.05, 3.63) is 59.2 Å². The average Bonchev–Trinajstić information content (AvgIpc) is 2.80. The number of hydrogen-bond donors (Lipinski definition) is 2. The second kappa shape index (κ2) is 9.52. The molecule has 2 heterocycles. The molecule has 0 radical (unpaired) electrons. The Labute approximate surface area is 183 Å². The molecule has 6 heteroatoms. The van der Waals surface area contributed by atoms with Crippen LogP contribution in [0.1, 0.15) is 58.4 Å². The van der Waals surface area contributed by atoms with Gasteiger partial charge in [0, 0.05) is 30.4 Å². The molecule has 2 aromatic carbocycles. The van der Waals surface area contributed by atoms with E-state index in [1.165, 1.54) is 32.4 Å². The lowest BCUT2D eigenvalue weighted by Crippen LogP contribution is -2.46. The highest BCUT2D eigenvalue weighted by Gasteiger charge is 2.26. The van der Waals surface area contributed by atoms with E-state index in [0.29, 0.717) is 17.3 Å². The Morgan fingerprint density at radius 2 is 1.61 bits per heavy atom. The van der Waals surface area contributed by atoms with Crippen LogP contribution in [0.2, 0.25) is 0 Å². The molecule has 0 aliphatic carbocycles. The number of amides is 1. The van der Waals surface area contributed by atoms with Crippen molar-refractivity contribution in [2.45, 2.75) is 45.1 Å². The number of aryl methyl sites for hydroxylation is 1. The molecular formula is C25H31N3O3. The largest absolute Gasteiger partial charge is 0.478 e. The molecule has 164 valence electrons. The molecule has 6 nitrogen and oxygen atoms in total. The highest BCUT2D eigenvalue weighted by atomic mass is 16.4. The van der Waals surface area contributed by atoms with Gasteiger partial charge in [-0.2, -0.15) is 0 Å². The molecule has 0 unspecified atom stereocenters. The van der Waals surface area contributed by atoms with Crippen LogP contribution in [0.5, 0.6) is 0 Å². The van der Waals surface area contributed by atoms with E-state index in [1.54, 1.807) is 24.3 Å². The quantitative estimate of drug-likeness (QED) is 0.749. The fraction of sp³-hybridized carbons (Fsp3) is 0.440. The minimum Gasteiger partial charge on any atom is -0.478 e. The van der Waals surface area contributed by atoms with Crippen LogP contribution in [0.3, 0.4) is 0 Å². The van der Waals surface area contributed by atoms with Gasteiger partial charge in [0.05, 0.1) is 11.3 Å². The topological polar surface area (TPSA) is 72.9 Å². The first kappa shape index (κ1) is 21.4. The predicted molar refractivity (Wildman–Crippen MR) is 123 cm³/mol. The van der Waals surface area contributed by atoms with Gasteiger partial charge >= 0.3 is 5.97 Å². The van der Waals surface area contributed by atoms with E-state index in [4.69, 9.17) is 0 Å². The van der Waals surface area contributed by atoms with E-state index in [2.05, 4.69) is 15.1 Å². The van der Waals surface area contributed by atoms with Crippen LogP contribution in [0.15, 0.2) is 42.5 Å². The van der Waals surface area contributed by atoms with Gasteiger partial charge in [0.1, 0.15) is 0 Å². The maximum Gasteiger partial charge on any atom is 0.337 e. The summed E-state index contributed by atoms with van der Waals surface area (Å²) in [4.78, 5) is 29.4. The third kappa shape index (κ3) is 5.07. The molecule has 0 bridgehead atoms. The number of hydrogen-bond acceptors (Lipinski definition) is 4. The zero-order chi connectivity index (χ0) is 21.8. The second-order valence-electron chi connectivity index (χ2n) is 8.67. The zero-order valence-electron chi connectivity index (χ0n) is 18.1. The number of carboxylic acids is 1. The molecule has 4 rings (SSSR count). The molecule has 2 aliphatic heterocycles. The number of carboxylic acid groups (broad SMARTS) is 1. The molecule has 0 saturated carbocycles. The number of nitrogens with zero attached hydrogens (tertiary/aromatic N) is 2. The minimum atomic E-state index is -1.04. The van der Waals surface area contributed by atoms with E-state index >= 15 is 0 Å². The summed E-state index contributed by atoms with van der Waals surface area (Å²) in [5.74, 6) is -1.35. The molecule has 1 amide bonds. The first-order valence-corrected chi connectivity index (χ1v) is 11.3. The number of benzene rings is 2. The molecule has 2 saturated heterocycles. The fourth-order valence-electron chi connectivity index (χ4n) is 4.69. The normalized spacial score (nSPS) is 18.0. The summed E-state index contributed by atoms with van der Waals surface area (Å²) in [6, 6.07) is 13.2. The van der Waals surface area contributed by atoms with Crippen molar-refractivity contribution in [1.29, 1.82) is 0 Å². The van der Waals surface area contributed by atoms with Crippen LogP contribution in [-0.2, 0) is 0 Å². The molecule has 2 fully saturated rings. The SMILES string of the molecule is Cc1ccc(C(=O)Nc2ccc(N3CCC(N4CCCCC4)CC3)cc2C(=O)O)cc1. The van der Waals surface area contributed by atoms with Crippen molar-refractivity contribution >= 4 is 23.3 Å². The Morgan fingerprint density at radius 1 is 0.935 bits per heavy atom. The summed E-state index contributed by atoms with van der Waals surface area (Å²) < 4.78 is 0. The molecular weight excluding hydrogens is 390 g/mol. The van der Waals surface area contributed by atoms with E-state index in [1.807, 2.05) is 25.1 Å². The van der Waals surface area contributed by atoms with Crippen LogP contribution in [0.25, 0.3) is 0 Å². The number of piperidine rings is 2. The number of aromatic carboxylic acids is 1. The first-order valence-electron chi connectivity index (χ1n) is 11.3. The van der Waals surface area contributed by atoms with Gasteiger partial charge in [-0.05, 0) is 76.0 Å². The first-order chi connectivity index (χ1) is 15.0. The predicted octanol–water partition coefficient (Wildman–Crippen LogP) is 4.40. The Hall–Kier alpha value is -2.86. The molecule has 31 heavy (non-hydrogen) atoms. The van der Waals surface area contributed by atoms with Crippen LogP contribution in [0.4, 0.5) is 11.4 Å². The van der Waals surface area contributed by atoms with Gasteiger partial charge in [0.2, 0.25) is 0 Å². The molecule has 2 N–H and O–H groups in total. The van der Waals surface area contributed by atoms with E-state index in [0.717, 1.165) is 37.2 Å². The Bertz CT molecular complexity index is 928. The number of anilines is 2. The van der Waals surface area contributed by atoms with Gasteiger partial charge in [-0.3, -0.25) is 4.79 Å². The van der Waals surface area contributed by atoms with Gasteiger partial charge in [-0.25, -0.2) is 4.79 Å². The number of carbonyl (C=O) groups is 2. The molecule has 0 aromatic heterocycles. The summed E-state index contributed by atoms with van der Waals surface area (Å²) in [5, 5.41) is 12.5. The lowest BCUT2D eigenvalue weighted by atomic mass is 9.99. The van der Waals surface area contributed by atoms with Crippen LogP contribution >= 0.6 is 0 Å². The maximum absolute atomic E-state index is 12.6. The Morgan fingerprint density at radius 3 is 2.26 bits per heavy atom. The van der Waals surface area contributed by atoms with Crippen molar-refractivity contribution in [1.82, 2.24) is 4.90 Å². The Balaban J connectivity index is 1.44. The fourth-order valence-corrected chi connectivity index (χ4v) is 4.69.